The average Bonchev–Trinajstić information content (AvgIpc) is 2.54. The Kier molecular flexibility index (Phi) is 3.92. The summed E-state index contributed by atoms with van der Waals surface area (Å²) in [5.41, 5.74) is 0.353. The van der Waals surface area contributed by atoms with Crippen LogP contribution < -0.4 is 10.2 Å². The smallest absolute Gasteiger partial charge is 0.196 e. The van der Waals surface area contributed by atoms with Crippen LogP contribution in [-0.2, 0) is 11.7 Å². The lowest BCUT2D eigenvalue weighted by molar-refractivity contribution is 0.111. The van der Waals surface area contributed by atoms with Gasteiger partial charge in [0, 0.05) is 20.3 Å². The number of fused-ring (bicyclic) bond motifs is 2. The first-order chi connectivity index (χ1) is 10.7. The molecule has 111 valence electrons. The molecule has 2 aromatic carbocycles. The Bertz CT molecular complexity index is 927. The Hall–Kier alpha value is -2.24. The predicted octanol–water partition coefficient (Wildman–Crippen LogP) is 3.56. The minimum Gasteiger partial charge on any atom is -0.494 e. The van der Waals surface area contributed by atoms with Crippen LogP contribution in [0, 0.1) is 0 Å². The van der Waals surface area contributed by atoms with E-state index in [1.54, 1.807) is 24.3 Å². The van der Waals surface area contributed by atoms with E-state index in [1.807, 2.05) is 13.0 Å². The summed E-state index contributed by atoms with van der Waals surface area (Å²) in [5.74, 6) is 0.705. The van der Waals surface area contributed by atoms with Crippen LogP contribution in [0.3, 0.4) is 0 Å². The van der Waals surface area contributed by atoms with Gasteiger partial charge in [-0.05, 0) is 36.8 Å². The first kappa shape index (κ1) is 14.7. The van der Waals surface area contributed by atoms with Gasteiger partial charge in [0.05, 0.1) is 12.0 Å². The van der Waals surface area contributed by atoms with E-state index in [1.165, 1.54) is 11.3 Å². The molecule has 0 saturated carbocycles. The highest BCUT2D eigenvalue weighted by molar-refractivity contribution is 7.24. The van der Waals surface area contributed by atoms with E-state index in [4.69, 9.17) is 4.74 Å². The lowest BCUT2D eigenvalue weighted by atomic mass is 10.0. The van der Waals surface area contributed by atoms with Gasteiger partial charge < -0.3 is 4.74 Å². The number of carbonyl (C=O) groups excluding carboxylic acids is 1. The fourth-order valence-corrected chi connectivity index (χ4v) is 3.63. The zero-order chi connectivity index (χ0) is 15.7. The molecule has 0 spiro atoms. The topological polar surface area (TPSA) is 63.3 Å². The first-order valence-corrected chi connectivity index (χ1v) is 7.69. The lowest BCUT2D eigenvalue weighted by Crippen LogP contribution is -2.06. The molecule has 1 aromatic heterocycles. The van der Waals surface area contributed by atoms with Crippen LogP contribution in [0.15, 0.2) is 35.1 Å². The number of hydrogen-bond acceptors (Lipinski definition) is 4. The van der Waals surface area contributed by atoms with Crippen molar-refractivity contribution < 1.29 is 14.6 Å². The fourth-order valence-electron chi connectivity index (χ4n) is 2.51. The second-order valence-corrected chi connectivity index (χ2v) is 5.88. The molecule has 3 rings (SSSR count). The van der Waals surface area contributed by atoms with Crippen molar-refractivity contribution in [3.8, 4) is 5.75 Å². The Morgan fingerprint density at radius 3 is 2.68 bits per heavy atom. The number of aldehydes is 1. The molecule has 0 unspecified atom stereocenters. The monoisotopic (exact) mass is 313 g/mol. The molecule has 0 saturated heterocycles. The zero-order valence-electron chi connectivity index (χ0n) is 11.9. The van der Waals surface area contributed by atoms with Crippen LogP contribution in [0.25, 0.3) is 20.2 Å². The summed E-state index contributed by atoms with van der Waals surface area (Å²) >= 11 is 1.41. The van der Waals surface area contributed by atoms with E-state index in [0.717, 1.165) is 4.70 Å². The van der Waals surface area contributed by atoms with Crippen LogP contribution in [0.5, 0.6) is 5.75 Å². The van der Waals surface area contributed by atoms with Crippen molar-refractivity contribution in [2.24, 2.45) is 0 Å². The van der Waals surface area contributed by atoms with Gasteiger partial charge in [-0.25, -0.2) is 5.11 Å². The van der Waals surface area contributed by atoms with Crippen molar-refractivity contribution in [3.05, 3.63) is 51.7 Å². The summed E-state index contributed by atoms with van der Waals surface area (Å²) in [6, 6.07) is 8.62. The van der Waals surface area contributed by atoms with Crippen LogP contribution in [-0.4, -0.2) is 12.9 Å². The summed E-state index contributed by atoms with van der Waals surface area (Å²) in [6.45, 7) is 1.93. The molecular weight excluding hydrogens is 300 g/mol. The third-order valence-corrected chi connectivity index (χ3v) is 4.64. The number of carbonyl (C=O) groups is 1. The number of rotatable bonds is 4. The summed E-state index contributed by atoms with van der Waals surface area (Å²) < 4.78 is 6.96. The molecule has 0 fully saturated rings. The maximum Gasteiger partial charge on any atom is 0.196 e. The molecule has 0 N–H and O–H groups in total. The van der Waals surface area contributed by atoms with Gasteiger partial charge in [0.25, 0.3) is 0 Å². The van der Waals surface area contributed by atoms with Crippen molar-refractivity contribution in [1.82, 2.24) is 0 Å². The third-order valence-electron chi connectivity index (χ3n) is 3.53. The summed E-state index contributed by atoms with van der Waals surface area (Å²) in [7, 11) is 0. The molecule has 4 nitrogen and oxygen atoms in total. The molecule has 0 aliphatic heterocycles. The molecule has 1 radical (unpaired) electrons. The second kappa shape index (κ2) is 5.87. The van der Waals surface area contributed by atoms with Crippen molar-refractivity contribution in [1.29, 1.82) is 0 Å². The lowest BCUT2D eigenvalue weighted by Gasteiger charge is -2.08. The Morgan fingerprint density at radius 2 is 2.00 bits per heavy atom. The van der Waals surface area contributed by atoms with Gasteiger partial charge >= 0.3 is 0 Å². The van der Waals surface area contributed by atoms with E-state index < -0.39 is 6.61 Å². The Labute approximate surface area is 130 Å². The maximum absolute atomic E-state index is 12.7. The molecule has 1 heterocycles. The van der Waals surface area contributed by atoms with E-state index >= 15 is 0 Å². The zero-order valence-corrected chi connectivity index (χ0v) is 12.7. The number of ether oxygens (including phenoxy) is 1. The van der Waals surface area contributed by atoms with Gasteiger partial charge in [-0.15, -0.1) is 11.3 Å². The molecule has 0 amide bonds. The van der Waals surface area contributed by atoms with Crippen molar-refractivity contribution >= 4 is 37.8 Å². The standard InChI is InChI=1S/C17H13O4S/c1-2-21-11-4-5-12-15(7-11)22-14-6-3-10(8-18)13(9-19)16(14)17(12)20/h3-7,9H,2,8H2,1H3. The average molecular weight is 313 g/mol. The highest BCUT2D eigenvalue weighted by atomic mass is 32.1. The molecular formula is C17H13O4S. The minimum atomic E-state index is -0.518. The maximum atomic E-state index is 12.7. The molecule has 22 heavy (non-hydrogen) atoms. The SMILES string of the molecule is CCOc1ccc2c(=O)c3c(C=O)c(C[O])ccc3sc2c1. The van der Waals surface area contributed by atoms with Gasteiger partial charge in [-0.1, -0.05) is 6.07 Å². The number of benzene rings is 2. The molecule has 0 aliphatic carbocycles. The molecule has 3 aromatic rings. The largest absolute Gasteiger partial charge is 0.494 e. The van der Waals surface area contributed by atoms with Crippen LogP contribution in [0.2, 0.25) is 0 Å². The quantitative estimate of drug-likeness (QED) is 0.546. The molecule has 0 atom stereocenters. The summed E-state index contributed by atoms with van der Waals surface area (Å²) in [6.07, 6.45) is 0.601. The van der Waals surface area contributed by atoms with Crippen molar-refractivity contribution in [3.63, 3.8) is 0 Å². The first-order valence-electron chi connectivity index (χ1n) is 6.88. The van der Waals surface area contributed by atoms with E-state index in [9.17, 15) is 14.7 Å². The van der Waals surface area contributed by atoms with Crippen LogP contribution >= 0.6 is 11.3 Å². The molecule has 0 bridgehead atoms. The van der Waals surface area contributed by atoms with Gasteiger partial charge in [-0.3, -0.25) is 9.59 Å². The predicted molar refractivity (Wildman–Crippen MR) is 86.5 cm³/mol. The van der Waals surface area contributed by atoms with Gasteiger partial charge in [0.15, 0.2) is 11.7 Å². The van der Waals surface area contributed by atoms with Crippen molar-refractivity contribution in [2.75, 3.05) is 6.61 Å². The normalized spacial score (nSPS) is 11.0. The van der Waals surface area contributed by atoms with Crippen LogP contribution in [0.1, 0.15) is 22.8 Å². The van der Waals surface area contributed by atoms with Gasteiger partial charge in [0.2, 0.25) is 0 Å². The van der Waals surface area contributed by atoms with Crippen molar-refractivity contribution in [2.45, 2.75) is 13.5 Å². The van der Waals surface area contributed by atoms with E-state index in [-0.39, 0.29) is 11.0 Å². The fraction of sp³-hybridized carbons (Fsp3) is 0.176. The highest BCUT2D eigenvalue weighted by Crippen LogP contribution is 2.30. The molecule has 0 aliphatic rings. The summed E-state index contributed by atoms with van der Waals surface area (Å²) in [5, 5.41) is 12.0. The summed E-state index contributed by atoms with van der Waals surface area (Å²) in [4.78, 5) is 24.0. The van der Waals surface area contributed by atoms with Crippen LogP contribution in [0.4, 0.5) is 0 Å². The highest BCUT2D eigenvalue weighted by Gasteiger charge is 2.14. The van der Waals surface area contributed by atoms with E-state index in [0.29, 0.717) is 39.7 Å². The second-order valence-electron chi connectivity index (χ2n) is 4.80. The number of hydrogen-bond donors (Lipinski definition) is 0. The third kappa shape index (κ3) is 2.28. The van der Waals surface area contributed by atoms with Gasteiger partial charge in [-0.2, -0.15) is 0 Å². The van der Waals surface area contributed by atoms with E-state index in [2.05, 4.69) is 0 Å². The molecule has 5 heteroatoms. The Morgan fingerprint density at radius 1 is 1.18 bits per heavy atom. The Balaban J connectivity index is 2.41. The van der Waals surface area contributed by atoms with Gasteiger partial charge in [0.1, 0.15) is 12.4 Å². The minimum absolute atomic E-state index is 0.213.